The van der Waals surface area contributed by atoms with Crippen molar-refractivity contribution in [2.45, 2.75) is 77.6 Å². The minimum Gasteiger partial charge on any atom is -0.481 e. The molecule has 0 aliphatic heterocycles. The van der Waals surface area contributed by atoms with Crippen molar-refractivity contribution in [1.82, 2.24) is 0 Å². The Morgan fingerprint density at radius 3 is 2.07 bits per heavy atom. The van der Waals surface area contributed by atoms with Crippen molar-refractivity contribution >= 4 is 17.7 Å². The molecule has 0 saturated carbocycles. The molecule has 0 heterocycles. The Bertz CT molecular complexity index is 617. The van der Waals surface area contributed by atoms with Gasteiger partial charge in [0.1, 0.15) is 0 Å². The molecule has 0 unspecified atom stereocenters. The number of carboxylic acid groups (broad SMARTS) is 1. The van der Waals surface area contributed by atoms with E-state index in [4.69, 9.17) is 5.11 Å². The highest BCUT2D eigenvalue weighted by Crippen LogP contribution is 2.13. The predicted octanol–water partition coefficient (Wildman–Crippen LogP) is 5.99. The summed E-state index contributed by atoms with van der Waals surface area (Å²) in [6, 6.07) is 0. The average molecular weight is 443 g/mol. The number of carboxylic acids is 1. The number of nitro groups is 2. The molecule has 170 valence electrons. The van der Waals surface area contributed by atoms with Gasteiger partial charge in [0, 0.05) is 5.75 Å². The Hall–Kier alpha value is -2.16. The quantitative estimate of drug-likeness (QED) is 0.113. The Labute approximate surface area is 182 Å². The Balaban J connectivity index is 3.90. The number of hydrogen-bond donors (Lipinski definition) is 1. The molecule has 0 fully saturated rings. The van der Waals surface area contributed by atoms with Gasteiger partial charge in [0.2, 0.25) is 11.4 Å². The highest BCUT2D eigenvalue weighted by atomic mass is 32.2. The third-order valence-electron chi connectivity index (χ3n) is 4.32. The van der Waals surface area contributed by atoms with Gasteiger partial charge < -0.3 is 5.11 Å². The summed E-state index contributed by atoms with van der Waals surface area (Å²) in [5.74, 6) is 0.955. The average Bonchev–Trinajstić information content (AvgIpc) is 2.68. The smallest absolute Gasteiger partial charge is 0.304 e. The fraction of sp³-hybridized carbons (Fsp3) is 0.667. The van der Waals surface area contributed by atoms with Crippen molar-refractivity contribution in [1.29, 1.82) is 0 Å². The van der Waals surface area contributed by atoms with Crippen LogP contribution < -0.4 is 0 Å². The number of hydrogen-bond acceptors (Lipinski definition) is 6. The summed E-state index contributed by atoms with van der Waals surface area (Å²) in [7, 11) is 0. The van der Waals surface area contributed by atoms with Crippen molar-refractivity contribution < 1.29 is 19.7 Å². The Morgan fingerprint density at radius 1 is 0.867 bits per heavy atom. The maximum atomic E-state index is 11.1. The first-order chi connectivity index (χ1) is 14.4. The summed E-state index contributed by atoms with van der Waals surface area (Å²) in [6.07, 6.45) is 15.0. The van der Waals surface area contributed by atoms with Gasteiger partial charge in [0.15, 0.2) is 0 Å². The molecular formula is C21H34N2O6S. The van der Waals surface area contributed by atoms with Gasteiger partial charge in [-0.15, -0.1) is 0 Å². The van der Waals surface area contributed by atoms with Gasteiger partial charge in [0.05, 0.1) is 29.1 Å². The molecule has 0 aromatic heterocycles. The monoisotopic (exact) mass is 442 g/mol. The van der Waals surface area contributed by atoms with Gasteiger partial charge in [-0.3, -0.25) is 25.0 Å². The number of thioether (sulfide) groups is 1. The van der Waals surface area contributed by atoms with Crippen molar-refractivity contribution in [3.63, 3.8) is 0 Å². The summed E-state index contributed by atoms with van der Waals surface area (Å²) >= 11 is 1.69. The van der Waals surface area contributed by atoms with E-state index in [9.17, 15) is 25.0 Å². The highest BCUT2D eigenvalue weighted by Gasteiger charge is 2.13. The minimum atomic E-state index is -0.740. The first-order valence-corrected chi connectivity index (χ1v) is 11.6. The summed E-state index contributed by atoms with van der Waals surface area (Å²) in [6.45, 7) is 1.79. The van der Waals surface area contributed by atoms with Gasteiger partial charge in [-0.1, -0.05) is 44.8 Å². The van der Waals surface area contributed by atoms with Crippen molar-refractivity contribution in [2.24, 2.45) is 0 Å². The number of allylic oxidation sites excluding steroid dienone is 4. The Kier molecular flexibility index (Phi) is 17.5. The van der Waals surface area contributed by atoms with E-state index in [0.717, 1.165) is 44.3 Å². The zero-order valence-electron chi connectivity index (χ0n) is 17.8. The second-order valence-electron chi connectivity index (χ2n) is 6.86. The van der Waals surface area contributed by atoms with Crippen LogP contribution in [0.1, 0.15) is 77.6 Å². The molecule has 0 amide bonds. The molecule has 0 aromatic carbocycles. The van der Waals surface area contributed by atoms with Crippen LogP contribution in [0.5, 0.6) is 0 Å². The molecule has 30 heavy (non-hydrogen) atoms. The molecule has 0 spiro atoms. The van der Waals surface area contributed by atoms with Crippen LogP contribution in [0.4, 0.5) is 0 Å². The molecule has 1 N–H and O–H groups in total. The fourth-order valence-corrected chi connectivity index (χ4v) is 3.61. The molecular weight excluding hydrogens is 408 g/mol. The van der Waals surface area contributed by atoms with Gasteiger partial charge in [-0.25, -0.2) is 0 Å². The summed E-state index contributed by atoms with van der Waals surface area (Å²) in [5, 5.41) is 30.5. The van der Waals surface area contributed by atoms with Crippen LogP contribution in [0, 0.1) is 20.2 Å². The van der Waals surface area contributed by atoms with Crippen LogP contribution in [0.25, 0.3) is 0 Å². The van der Waals surface area contributed by atoms with Gasteiger partial charge in [0.25, 0.3) is 0 Å². The van der Waals surface area contributed by atoms with E-state index in [1.54, 1.807) is 24.8 Å². The van der Waals surface area contributed by atoms with Crippen LogP contribution in [-0.4, -0.2) is 32.4 Å². The zero-order chi connectivity index (χ0) is 22.6. The minimum absolute atomic E-state index is 0.0142. The number of unbranched alkanes of at least 4 members (excludes halogenated alkanes) is 6. The van der Waals surface area contributed by atoms with E-state index in [-0.39, 0.29) is 30.7 Å². The normalized spacial score (nSPS) is 12.4. The third kappa shape index (κ3) is 16.8. The summed E-state index contributed by atoms with van der Waals surface area (Å²) < 4.78 is 0. The topological polar surface area (TPSA) is 124 Å². The summed E-state index contributed by atoms with van der Waals surface area (Å²) in [4.78, 5) is 31.4. The lowest BCUT2D eigenvalue weighted by Crippen LogP contribution is -2.01. The molecule has 8 nitrogen and oxygen atoms in total. The lowest BCUT2D eigenvalue weighted by Gasteiger charge is -2.01. The van der Waals surface area contributed by atoms with Gasteiger partial charge >= 0.3 is 5.97 Å². The number of rotatable bonds is 19. The largest absolute Gasteiger partial charge is 0.481 e. The van der Waals surface area contributed by atoms with Crippen LogP contribution in [0.15, 0.2) is 35.7 Å². The SMILES string of the molecule is CC/C=C(/C/C=C(/C/C=C/CCCCCCCCSCCC(=O)O)[N+](=O)[O-])[N+](=O)[O-]. The van der Waals surface area contributed by atoms with E-state index in [0.29, 0.717) is 12.2 Å². The van der Waals surface area contributed by atoms with E-state index >= 15 is 0 Å². The van der Waals surface area contributed by atoms with Gasteiger partial charge in [-0.05, 0) is 43.6 Å². The van der Waals surface area contributed by atoms with Crippen molar-refractivity contribution in [2.75, 3.05) is 11.5 Å². The standard InChI is InChI=1S/C21H34N2O6S/c1-2-12-19(22(26)27)14-15-20(23(28)29)13-10-8-6-4-3-5-7-9-11-17-30-18-16-21(24)25/h8,10,12,15H,2-7,9,11,13-14,16-18H2,1H3,(H,24,25)/b10-8+,19-12-,20-15-. The molecule has 0 radical (unpaired) electrons. The molecule has 0 bridgehead atoms. The molecule has 9 heteroatoms. The van der Waals surface area contributed by atoms with Crippen LogP contribution >= 0.6 is 11.8 Å². The van der Waals surface area contributed by atoms with Crippen molar-refractivity contribution in [3.8, 4) is 0 Å². The lowest BCUT2D eigenvalue weighted by atomic mass is 10.1. The zero-order valence-corrected chi connectivity index (χ0v) is 18.6. The van der Waals surface area contributed by atoms with Crippen LogP contribution in [-0.2, 0) is 4.79 Å². The number of aliphatic carboxylic acids is 1. The van der Waals surface area contributed by atoms with Crippen molar-refractivity contribution in [3.05, 3.63) is 55.9 Å². The van der Waals surface area contributed by atoms with E-state index in [1.165, 1.54) is 18.6 Å². The first kappa shape index (κ1) is 27.8. The van der Waals surface area contributed by atoms with Crippen LogP contribution in [0.2, 0.25) is 0 Å². The molecule has 0 saturated heterocycles. The van der Waals surface area contributed by atoms with E-state index < -0.39 is 15.8 Å². The molecule has 0 atom stereocenters. The maximum absolute atomic E-state index is 11.1. The first-order valence-electron chi connectivity index (χ1n) is 10.5. The summed E-state index contributed by atoms with van der Waals surface area (Å²) in [5.41, 5.74) is -0.0315. The molecule has 0 aliphatic carbocycles. The number of carbonyl (C=O) groups is 1. The highest BCUT2D eigenvalue weighted by molar-refractivity contribution is 7.99. The van der Waals surface area contributed by atoms with E-state index in [1.807, 2.05) is 6.08 Å². The predicted molar refractivity (Wildman–Crippen MR) is 121 cm³/mol. The van der Waals surface area contributed by atoms with E-state index in [2.05, 4.69) is 0 Å². The van der Waals surface area contributed by atoms with Gasteiger partial charge in [-0.2, -0.15) is 11.8 Å². The molecule has 0 aromatic rings. The van der Waals surface area contributed by atoms with Crippen LogP contribution in [0.3, 0.4) is 0 Å². The molecule has 0 aliphatic rings. The Morgan fingerprint density at radius 2 is 1.47 bits per heavy atom. The third-order valence-corrected chi connectivity index (χ3v) is 5.39. The number of nitrogens with zero attached hydrogens (tertiary/aromatic N) is 2. The second-order valence-corrected chi connectivity index (χ2v) is 8.08. The molecule has 0 rings (SSSR count). The maximum Gasteiger partial charge on any atom is 0.304 e. The second kappa shape index (κ2) is 18.8. The fourth-order valence-electron chi connectivity index (χ4n) is 2.68. The lowest BCUT2D eigenvalue weighted by molar-refractivity contribution is -0.431.